The smallest absolute Gasteiger partial charge is 0.140 e. The molecule has 2 aliphatic rings. The molecule has 0 radical (unpaired) electrons. The van der Waals surface area contributed by atoms with Crippen LogP contribution in [0.3, 0.4) is 0 Å². The van der Waals surface area contributed by atoms with Crippen molar-refractivity contribution in [1.82, 2.24) is 0 Å². The van der Waals surface area contributed by atoms with Crippen LogP contribution in [0.25, 0.3) is 66.6 Å². The van der Waals surface area contributed by atoms with E-state index in [2.05, 4.69) is 182 Å². The van der Waals surface area contributed by atoms with Crippen molar-refractivity contribution in [3.05, 3.63) is 215 Å². The summed E-state index contributed by atoms with van der Waals surface area (Å²) in [6.07, 6.45) is 2.38. The molecule has 0 saturated heterocycles. The van der Waals surface area contributed by atoms with E-state index in [0.29, 0.717) is 0 Å². The predicted octanol–water partition coefficient (Wildman–Crippen LogP) is 12.7. The van der Waals surface area contributed by atoms with Crippen LogP contribution in [0.4, 0.5) is 0 Å². The standard InChI is InChI=1S/C49H30O/c1-2-12-32(13-3-1)42(35-25-27-37-34(30-35)24-23-33-14-4-5-15-36(33)37)28-31-22-26-39-38-16-6-9-19-43(38)49(45(39)29-31)44-20-10-7-17-40(44)48-47(49)41-18-8-11-21-46(41)50-48/h1-30H/b42-28+. The fraction of sp³-hybridized carbons (Fsp3) is 0.0204. The minimum Gasteiger partial charge on any atom is -0.456 e. The maximum Gasteiger partial charge on any atom is 0.140 e. The number of benzene rings is 8. The molecule has 11 rings (SSSR count). The molecule has 1 heterocycles. The van der Waals surface area contributed by atoms with Crippen LogP contribution < -0.4 is 0 Å². The molecule has 0 aliphatic heterocycles. The van der Waals surface area contributed by atoms with Crippen molar-refractivity contribution in [1.29, 1.82) is 0 Å². The maximum absolute atomic E-state index is 6.71. The van der Waals surface area contributed by atoms with E-state index in [-0.39, 0.29) is 0 Å². The Balaban J connectivity index is 1.17. The molecule has 1 nitrogen and oxygen atoms in total. The first kappa shape index (κ1) is 27.5. The molecule has 1 atom stereocenters. The van der Waals surface area contributed by atoms with Gasteiger partial charge in [0.25, 0.3) is 0 Å². The molecular weight excluding hydrogens is 605 g/mol. The van der Waals surface area contributed by atoms with Crippen molar-refractivity contribution >= 4 is 44.2 Å². The lowest BCUT2D eigenvalue weighted by Gasteiger charge is -2.30. The van der Waals surface area contributed by atoms with Crippen molar-refractivity contribution in [2.75, 3.05) is 0 Å². The Morgan fingerprint density at radius 3 is 1.98 bits per heavy atom. The van der Waals surface area contributed by atoms with Gasteiger partial charge in [-0.3, -0.25) is 0 Å². The van der Waals surface area contributed by atoms with Crippen LogP contribution >= 0.6 is 0 Å². The average molecular weight is 635 g/mol. The van der Waals surface area contributed by atoms with Gasteiger partial charge in [0, 0.05) is 16.5 Å². The largest absolute Gasteiger partial charge is 0.456 e. The van der Waals surface area contributed by atoms with Crippen LogP contribution in [0.5, 0.6) is 0 Å². The fourth-order valence-electron chi connectivity index (χ4n) is 8.99. The van der Waals surface area contributed by atoms with Gasteiger partial charge in [0.05, 0.1) is 5.41 Å². The van der Waals surface area contributed by atoms with E-state index in [4.69, 9.17) is 4.42 Å². The lowest BCUT2D eigenvalue weighted by atomic mass is 9.70. The van der Waals surface area contributed by atoms with E-state index in [0.717, 1.165) is 11.3 Å². The summed E-state index contributed by atoms with van der Waals surface area (Å²) in [6, 6.07) is 64.3. The highest BCUT2D eigenvalue weighted by Crippen LogP contribution is 2.64. The molecule has 0 saturated carbocycles. The third-order valence-corrected chi connectivity index (χ3v) is 11.1. The van der Waals surface area contributed by atoms with E-state index in [1.807, 2.05) is 0 Å². The Labute approximate surface area is 290 Å². The zero-order valence-electron chi connectivity index (χ0n) is 27.2. The molecule has 2 aliphatic carbocycles. The number of para-hydroxylation sites is 1. The monoisotopic (exact) mass is 634 g/mol. The van der Waals surface area contributed by atoms with Gasteiger partial charge < -0.3 is 4.42 Å². The minimum atomic E-state index is -0.481. The summed E-state index contributed by atoms with van der Waals surface area (Å²) in [5, 5.41) is 6.25. The second-order valence-corrected chi connectivity index (χ2v) is 13.6. The highest BCUT2D eigenvalue weighted by atomic mass is 16.3. The van der Waals surface area contributed by atoms with E-state index in [1.165, 1.54) is 88.1 Å². The van der Waals surface area contributed by atoms with Crippen LogP contribution in [0.2, 0.25) is 0 Å². The Kier molecular flexibility index (Phi) is 5.66. The van der Waals surface area contributed by atoms with Gasteiger partial charge in [-0.05, 0) is 95.9 Å². The lowest BCUT2D eigenvalue weighted by Crippen LogP contribution is -2.25. The summed E-state index contributed by atoms with van der Waals surface area (Å²) >= 11 is 0. The first-order valence-electron chi connectivity index (χ1n) is 17.3. The molecular formula is C49H30O. The molecule has 0 amide bonds. The molecule has 0 fully saturated rings. The Morgan fingerprint density at radius 2 is 1.10 bits per heavy atom. The van der Waals surface area contributed by atoms with Crippen LogP contribution in [0, 0.1) is 0 Å². The third kappa shape index (κ3) is 3.67. The van der Waals surface area contributed by atoms with Gasteiger partial charge in [0.15, 0.2) is 0 Å². The van der Waals surface area contributed by atoms with Gasteiger partial charge in [-0.2, -0.15) is 0 Å². The fourth-order valence-corrected chi connectivity index (χ4v) is 8.99. The van der Waals surface area contributed by atoms with Crippen LogP contribution in [-0.2, 0) is 5.41 Å². The van der Waals surface area contributed by atoms with E-state index >= 15 is 0 Å². The maximum atomic E-state index is 6.71. The van der Waals surface area contributed by atoms with E-state index in [9.17, 15) is 0 Å². The lowest BCUT2D eigenvalue weighted by molar-refractivity contribution is 0.628. The van der Waals surface area contributed by atoms with E-state index < -0.39 is 5.41 Å². The van der Waals surface area contributed by atoms with Crippen molar-refractivity contribution in [3.8, 4) is 22.5 Å². The van der Waals surface area contributed by atoms with Crippen molar-refractivity contribution in [2.24, 2.45) is 0 Å². The second kappa shape index (κ2) is 10.3. The topological polar surface area (TPSA) is 13.1 Å². The summed E-state index contributed by atoms with van der Waals surface area (Å²) in [5.41, 5.74) is 14.1. The van der Waals surface area contributed by atoms with Gasteiger partial charge in [-0.1, -0.05) is 158 Å². The molecule has 9 aromatic rings. The van der Waals surface area contributed by atoms with Crippen LogP contribution in [0.1, 0.15) is 38.9 Å². The Bertz CT molecular complexity index is 2870. The number of furan rings is 1. The second-order valence-electron chi connectivity index (χ2n) is 13.6. The van der Waals surface area contributed by atoms with Gasteiger partial charge in [0.2, 0.25) is 0 Å². The summed E-state index contributed by atoms with van der Waals surface area (Å²) in [6.45, 7) is 0. The third-order valence-electron chi connectivity index (χ3n) is 11.1. The molecule has 1 heteroatoms. The SMILES string of the molecule is C(=C(/c1ccccc1)c1ccc2c(ccc3ccccc32)c1)/c1ccc2c(c1)C1(c3ccccc3-2)c2ccccc2-c2oc3ccccc3c21. The zero-order chi connectivity index (χ0) is 32.8. The van der Waals surface area contributed by atoms with Crippen LogP contribution in [0.15, 0.2) is 180 Å². The first-order valence-corrected chi connectivity index (χ1v) is 17.3. The summed E-state index contributed by atoms with van der Waals surface area (Å²) in [4.78, 5) is 0. The van der Waals surface area contributed by atoms with Gasteiger partial charge >= 0.3 is 0 Å². The summed E-state index contributed by atoms with van der Waals surface area (Å²) in [7, 11) is 0. The van der Waals surface area contributed by atoms with Gasteiger partial charge in [-0.25, -0.2) is 0 Å². The highest BCUT2D eigenvalue weighted by Gasteiger charge is 2.54. The molecule has 232 valence electrons. The highest BCUT2D eigenvalue weighted by molar-refractivity contribution is 6.09. The van der Waals surface area contributed by atoms with Crippen molar-refractivity contribution in [3.63, 3.8) is 0 Å². The van der Waals surface area contributed by atoms with Crippen molar-refractivity contribution < 1.29 is 4.42 Å². The molecule has 50 heavy (non-hydrogen) atoms. The number of hydrogen-bond donors (Lipinski definition) is 0. The van der Waals surface area contributed by atoms with E-state index in [1.54, 1.807) is 0 Å². The quantitative estimate of drug-likeness (QED) is 0.139. The van der Waals surface area contributed by atoms with Gasteiger partial charge in [-0.15, -0.1) is 0 Å². The average Bonchev–Trinajstić information content (AvgIpc) is 3.80. The zero-order valence-corrected chi connectivity index (χ0v) is 27.2. The van der Waals surface area contributed by atoms with Gasteiger partial charge in [0.1, 0.15) is 11.3 Å². The number of rotatable bonds is 3. The molecule has 0 bridgehead atoms. The minimum absolute atomic E-state index is 0.481. The van der Waals surface area contributed by atoms with Crippen molar-refractivity contribution in [2.45, 2.75) is 5.41 Å². The molecule has 1 aromatic heterocycles. The van der Waals surface area contributed by atoms with Crippen LogP contribution in [-0.4, -0.2) is 0 Å². The normalized spacial score (nSPS) is 15.8. The Hall–Kier alpha value is -6.44. The molecule has 1 unspecified atom stereocenters. The summed E-state index contributed by atoms with van der Waals surface area (Å²) < 4.78 is 6.71. The molecule has 1 spiro atoms. The molecule has 0 N–H and O–H groups in total. The predicted molar refractivity (Wildman–Crippen MR) is 207 cm³/mol. The Morgan fingerprint density at radius 1 is 0.440 bits per heavy atom. The molecule has 8 aromatic carbocycles. The number of fused-ring (bicyclic) bond motifs is 15. The number of hydrogen-bond acceptors (Lipinski definition) is 1. The first-order chi connectivity index (χ1) is 24.8. The summed E-state index contributed by atoms with van der Waals surface area (Å²) in [5.74, 6) is 0.985.